The standard InChI is InChI=1S/C23H25N3O3S/c1-2-3-12-24-22(27)18-6-4-17(5-7-18)13-25-23(28)19-8-10-21(11-9-19)29-14-20-15-30-16-26-20/h4-11,15-16H,2-3,12-14H2,1H3,(H,24,27)(H,25,28). The smallest absolute Gasteiger partial charge is 0.251 e. The molecule has 156 valence electrons. The topological polar surface area (TPSA) is 80.3 Å². The van der Waals surface area contributed by atoms with Crippen molar-refractivity contribution in [1.29, 1.82) is 0 Å². The lowest BCUT2D eigenvalue weighted by Gasteiger charge is -2.08. The Bertz CT molecular complexity index is 939. The summed E-state index contributed by atoms with van der Waals surface area (Å²) in [7, 11) is 0. The second-order valence-electron chi connectivity index (χ2n) is 6.78. The quantitative estimate of drug-likeness (QED) is 0.480. The molecule has 0 bridgehead atoms. The maximum atomic E-state index is 12.4. The molecule has 2 N–H and O–H groups in total. The average molecular weight is 424 g/mol. The molecule has 7 heteroatoms. The molecular weight excluding hydrogens is 398 g/mol. The average Bonchev–Trinajstić information content (AvgIpc) is 3.30. The summed E-state index contributed by atoms with van der Waals surface area (Å²) in [5.74, 6) is 0.450. The van der Waals surface area contributed by atoms with Crippen molar-refractivity contribution >= 4 is 23.2 Å². The zero-order valence-electron chi connectivity index (χ0n) is 16.9. The number of rotatable bonds is 10. The van der Waals surface area contributed by atoms with E-state index in [9.17, 15) is 9.59 Å². The molecule has 0 unspecified atom stereocenters. The van der Waals surface area contributed by atoms with Crippen LogP contribution in [0.4, 0.5) is 0 Å². The maximum Gasteiger partial charge on any atom is 0.251 e. The molecule has 6 nitrogen and oxygen atoms in total. The molecule has 1 heterocycles. The Morgan fingerprint density at radius 1 is 0.967 bits per heavy atom. The largest absolute Gasteiger partial charge is 0.487 e. The van der Waals surface area contributed by atoms with Crippen LogP contribution in [0.5, 0.6) is 5.75 Å². The zero-order chi connectivity index (χ0) is 21.2. The first kappa shape index (κ1) is 21.5. The van der Waals surface area contributed by atoms with Crippen LogP contribution in [-0.4, -0.2) is 23.3 Å². The van der Waals surface area contributed by atoms with Gasteiger partial charge in [0.2, 0.25) is 0 Å². The predicted octanol–water partition coefficient (Wildman–Crippen LogP) is 4.18. The molecule has 0 aliphatic rings. The molecule has 0 saturated carbocycles. The molecule has 1 aromatic heterocycles. The van der Waals surface area contributed by atoms with Gasteiger partial charge in [-0.25, -0.2) is 4.98 Å². The summed E-state index contributed by atoms with van der Waals surface area (Å²) >= 11 is 1.53. The molecular formula is C23H25N3O3S. The molecule has 0 fully saturated rings. The lowest BCUT2D eigenvalue weighted by molar-refractivity contribution is 0.0942. The van der Waals surface area contributed by atoms with Crippen molar-refractivity contribution in [3.05, 3.63) is 81.8 Å². The number of aromatic nitrogens is 1. The number of thiazole rings is 1. The molecule has 0 aliphatic carbocycles. The van der Waals surface area contributed by atoms with E-state index in [0.717, 1.165) is 24.1 Å². The highest BCUT2D eigenvalue weighted by Gasteiger charge is 2.08. The van der Waals surface area contributed by atoms with Crippen LogP contribution in [0.3, 0.4) is 0 Å². The monoisotopic (exact) mass is 423 g/mol. The lowest BCUT2D eigenvalue weighted by atomic mass is 10.1. The third-order valence-electron chi connectivity index (χ3n) is 4.47. The summed E-state index contributed by atoms with van der Waals surface area (Å²) in [6.45, 7) is 3.56. The van der Waals surface area contributed by atoms with Gasteiger partial charge < -0.3 is 15.4 Å². The van der Waals surface area contributed by atoms with E-state index in [1.807, 2.05) is 17.5 Å². The van der Waals surface area contributed by atoms with Gasteiger partial charge in [0.05, 0.1) is 11.2 Å². The number of amides is 2. The number of benzene rings is 2. The third-order valence-corrected chi connectivity index (χ3v) is 5.11. The van der Waals surface area contributed by atoms with Crippen LogP contribution in [0.1, 0.15) is 51.7 Å². The number of carbonyl (C=O) groups is 2. The van der Waals surface area contributed by atoms with Crippen molar-refractivity contribution in [2.24, 2.45) is 0 Å². The molecule has 30 heavy (non-hydrogen) atoms. The second-order valence-corrected chi connectivity index (χ2v) is 7.50. The minimum atomic E-state index is -0.164. The fraction of sp³-hybridized carbons (Fsp3) is 0.261. The predicted molar refractivity (Wildman–Crippen MR) is 118 cm³/mol. The SMILES string of the molecule is CCCCNC(=O)c1ccc(CNC(=O)c2ccc(OCc3cscn3)cc2)cc1. The number of nitrogens with one attached hydrogen (secondary N) is 2. The summed E-state index contributed by atoms with van der Waals surface area (Å²) in [4.78, 5) is 28.6. The zero-order valence-corrected chi connectivity index (χ0v) is 17.7. The molecule has 0 atom stereocenters. The summed E-state index contributed by atoms with van der Waals surface area (Å²) in [5, 5.41) is 7.72. The van der Waals surface area contributed by atoms with Crippen molar-refractivity contribution in [2.75, 3.05) is 6.54 Å². The highest BCUT2D eigenvalue weighted by molar-refractivity contribution is 7.07. The maximum absolute atomic E-state index is 12.4. The summed E-state index contributed by atoms with van der Waals surface area (Å²) in [5.41, 5.74) is 4.75. The van der Waals surface area contributed by atoms with Gasteiger partial charge in [-0.05, 0) is 48.4 Å². The van der Waals surface area contributed by atoms with Gasteiger partial charge in [0.25, 0.3) is 11.8 Å². The Labute approximate surface area is 180 Å². The van der Waals surface area contributed by atoms with Crippen LogP contribution in [0.2, 0.25) is 0 Å². The van der Waals surface area contributed by atoms with E-state index in [-0.39, 0.29) is 11.8 Å². The summed E-state index contributed by atoms with van der Waals surface area (Å²) in [6, 6.07) is 14.3. The second kappa shape index (κ2) is 11.1. The first-order chi connectivity index (χ1) is 14.7. The highest BCUT2D eigenvalue weighted by atomic mass is 32.1. The number of ether oxygens (including phenoxy) is 1. The molecule has 3 aromatic rings. The Morgan fingerprint density at radius 2 is 1.63 bits per heavy atom. The van der Waals surface area contributed by atoms with E-state index >= 15 is 0 Å². The van der Waals surface area contributed by atoms with Gasteiger partial charge in [-0.2, -0.15) is 0 Å². The van der Waals surface area contributed by atoms with Crippen LogP contribution >= 0.6 is 11.3 Å². The number of hydrogen-bond acceptors (Lipinski definition) is 5. The normalized spacial score (nSPS) is 10.4. The van der Waals surface area contributed by atoms with Gasteiger partial charge in [-0.1, -0.05) is 25.5 Å². The summed E-state index contributed by atoms with van der Waals surface area (Å²) < 4.78 is 5.66. The molecule has 2 amide bonds. The van der Waals surface area contributed by atoms with Gasteiger partial charge in [0, 0.05) is 29.6 Å². The highest BCUT2D eigenvalue weighted by Crippen LogP contribution is 2.14. The van der Waals surface area contributed by atoms with Gasteiger partial charge in [-0.15, -0.1) is 11.3 Å². The van der Waals surface area contributed by atoms with E-state index in [0.29, 0.717) is 36.6 Å². The first-order valence-electron chi connectivity index (χ1n) is 9.91. The van der Waals surface area contributed by atoms with E-state index in [1.54, 1.807) is 41.9 Å². The Morgan fingerprint density at radius 3 is 2.27 bits per heavy atom. The number of unbranched alkanes of at least 4 members (excludes halogenated alkanes) is 1. The minimum Gasteiger partial charge on any atom is -0.487 e. The molecule has 0 radical (unpaired) electrons. The van der Waals surface area contributed by atoms with Gasteiger partial charge in [0.15, 0.2) is 0 Å². The van der Waals surface area contributed by atoms with Crippen molar-refractivity contribution < 1.29 is 14.3 Å². The van der Waals surface area contributed by atoms with E-state index in [2.05, 4.69) is 22.5 Å². The fourth-order valence-corrected chi connectivity index (χ4v) is 3.25. The van der Waals surface area contributed by atoms with Crippen LogP contribution in [0, 0.1) is 0 Å². The summed E-state index contributed by atoms with van der Waals surface area (Å²) in [6.07, 6.45) is 2.01. The minimum absolute atomic E-state index is 0.0730. The third kappa shape index (κ3) is 6.42. The molecule has 0 spiro atoms. The van der Waals surface area contributed by atoms with Crippen molar-refractivity contribution in [3.63, 3.8) is 0 Å². The van der Waals surface area contributed by atoms with Crippen LogP contribution in [0.25, 0.3) is 0 Å². The molecule has 2 aromatic carbocycles. The molecule has 3 rings (SSSR count). The lowest BCUT2D eigenvalue weighted by Crippen LogP contribution is -2.24. The molecule has 0 aliphatic heterocycles. The number of carbonyl (C=O) groups excluding carboxylic acids is 2. The van der Waals surface area contributed by atoms with Crippen LogP contribution in [0.15, 0.2) is 59.4 Å². The van der Waals surface area contributed by atoms with E-state index in [1.165, 1.54) is 11.3 Å². The fourth-order valence-electron chi connectivity index (χ4n) is 2.71. The van der Waals surface area contributed by atoms with Crippen molar-refractivity contribution in [1.82, 2.24) is 15.6 Å². The molecule has 0 saturated heterocycles. The van der Waals surface area contributed by atoms with Gasteiger partial charge >= 0.3 is 0 Å². The number of hydrogen-bond donors (Lipinski definition) is 2. The van der Waals surface area contributed by atoms with Crippen molar-refractivity contribution in [2.45, 2.75) is 32.9 Å². The Balaban J connectivity index is 1.46. The number of nitrogens with zero attached hydrogens (tertiary/aromatic N) is 1. The van der Waals surface area contributed by atoms with Crippen molar-refractivity contribution in [3.8, 4) is 5.75 Å². The van der Waals surface area contributed by atoms with E-state index in [4.69, 9.17) is 4.74 Å². The van der Waals surface area contributed by atoms with E-state index < -0.39 is 0 Å². The Kier molecular flexibility index (Phi) is 7.97. The van der Waals surface area contributed by atoms with Crippen LogP contribution < -0.4 is 15.4 Å². The van der Waals surface area contributed by atoms with Gasteiger partial charge in [-0.3, -0.25) is 9.59 Å². The van der Waals surface area contributed by atoms with Crippen LogP contribution in [-0.2, 0) is 13.2 Å². The Hall–Kier alpha value is -3.19. The first-order valence-corrected chi connectivity index (χ1v) is 10.8. The van der Waals surface area contributed by atoms with Gasteiger partial charge in [0.1, 0.15) is 12.4 Å².